The second-order valence-electron chi connectivity index (χ2n) is 6.37. The third-order valence-corrected chi connectivity index (χ3v) is 5.16. The van der Waals surface area contributed by atoms with Crippen molar-refractivity contribution >= 4 is 0 Å². The van der Waals surface area contributed by atoms with Crippen LogP contribution in [0, 0.1) is 0 Å². The molecule has 3 atom stereocenters. The van der Waals surface area contributed by atoms with E-state index >= 15 is 0 Å². The number of nitrogens with one attached hydrogen (secondary N) is 1. The Bertz CT molecular complexity index is 406. The molecule has 0 spiro atoms. The lowest BCUT2D eigenvalue weighted by Crippen LogP contribution is -2.56. The molecule has 1 N–H and O–H groups in total. The highest BCUT2D eigenvalue weighted by Gasteiger charge is 2.40. The smallest absolute Gasteiger partial charge is 0.0326 e. The fourth-order valence-corrected chi connectivity index (χ4v) is 4.32. The fraction of sp³-hybridized carbons (Fsp3) is 0.706. The fourth-order valence-electron chi connectivity index (χ4n) is 4.32. The van der Waals surface area contributed by atoms with Crippen molar-refractivity contribution in [1.29, 1.82) is 0 Å². The molecule has 2 saturated heterocycles. The lowest BCUT2D eigenvalue weighted by molar-refractivity contribution is -0.00603. The van der Waals surface area contributed by atoms with E-state index in [1.54, 1.807) is 0 Å². The van der Waals surface area contributed by atoms with Gasteiger partial charge < -0.3 is 5.32 Å². The van der Waals surface area contributed by atoms with E-state index < -0.39 is 0 Å². The van der Waals surface area contributed by atoms with Crippen molar-refractivity contribution < 1.29 is 0 Å². The minimum absolute atomic E-state index is 0.524. The number of fused-ring (bicyclic) bond motifs is 2. The molecule has 3 nitrogen and oxygen atoms in total. The Balaban J connectivity index is 1.76. The van der Waals surface area contributed by atoms with Gasteiger partial charge in [0.05, 0.1) is 0 Å². The maximum Gasteiger partial charge on any atom is 0.0326 e. The van der Waals surface area contributed by atoms with Gasteiger partial charge >= 0.3 is 0 Å². The van der Waals surface area contributed by atoms with Crippen LogP contribution in [0.25, 0.3) is 0 Å². The maximum atomic E-state index is 4.15. The van der Waals surface area contributed by atoms with Gasteiger partial charge in [-0.15, -0.1) is 0 Å². The summed E-state index contributed by atoms with van der Waals surface area (Å²) in [7, 11) is 0. The molecule has 0 saturated carbocycles. The van der Waals surface area contributed by atoms with Crippen LogP contribution in [0.5, 0.6) is 0 Å². The van der Waals surface area contributed by atoms with Crippen molar-refractivity contribution in [2.75, 3.05) is 6.54 Å². The van der Waals surface area contributed by atoms with Crippen molar-refractivity contribution in [3.05, 3.63) is 30.1 Å². The summed E-state index contributed by atoms with van der Waals surface area (Å²) in [4.78, 5) is 6.95. The van der Waals surface area contributed by atoms with Gasteiger partial charge in [-0.2, -0.15) is 0 Å². The molecule has 110 valence electrons. The number of piperidine rings is 2. The van der Waals surface area contributed by atoms with E-state index in [1.165, 1.54) is 37.7 Å². The predicted octanol–water partition coefficient (Wildman–Crippen LogP) is 3.14. The van der Waals surface area contributed by atoms with E-state index in [9.17, 15) is 0 Å². The van der Waals surface area contributed by atoms with Gasteiger partial charge in [0.2, 0.25) is 0 Å². The number of rotatable bonds is 4. The predicted molar refractivity (Wildman–Crippen MR) is 82.6 cm³/mol. The van der Waals surface area contributed by atoms with E-state index in [2.05, 4.69) is 41.2 Å². The molecule has 0 aromatic carbocycles. The second kappa shape index (κ2) is 6.23. The van der Waals surface area contributed by atoms with Gasteiger partial charge in [-0.05, 0) is 56.8 Å². The topological polar surface area (TPSA) is 28.2 Å². The van der Waals surface area contributed by atoms with Gasteiger partial charge in [-0.25, -0.2) is 0 Å². The van der Waals surface area contributed by atoms with Gasteiger partial charge in [0, 0.05) is 36.6 Å². The Kier molecular flexibility index (Phi) is 4.37. The van der Waals surface area contributed by atoms with Crippen LogP contribution < -0.4 is 5.32 Å². The normalized spacial score (nSPS) is 32.0. The third kappa shape index (κ3) is 2.75. The lowest BCUT2D eigenvalue weighted by Gasteiger charge is -2.51. The summed E-state index contributed by atoms with van der Waals surface area (Å²) in [6, 6.07) is 7.13. The maximum absolute atomic E-state index is 4.15. The molecule has 2 aliphatic heterocycles. The van der Waals surface area contributed by atoms with Crippen LogP contribution in [-0.2, 0) is 0 Å². The Hall–Kier alpha value is -0.930. The molecule has 2 bridgehead atoms. The van der Waals surface area contributed by atoms with Gasteiger partial charge in [-0.1, -0.05) is 13.3 Å². The number of aromatic nitrogens is 1. The molecule has 0 aliphatic carbocycles. The van der Waals surface area contributed by atoms with Crippen molar-refractivity contribution in [3.63, 3.8) is 0 Å². The Labute approximate surface area is 122 Å². The van der Waals surface area contributed by atoms with Gasteiger partial charge in [0.15, 0.2) is 0 Å². The Morgan fingerprint density at radius 3 is 2.50 bits per heavy atom. The Morgan fingerprint density at radius 2 is 1.90 bits per heavy atom. The zero-order chi connectivity index (χ0) is 13.9. The molecular weight excluding hydrogens is 246 g/mol. The third-order valence-electron chi connectivity index (χ3n) is 5.16. The quantitative estimate of drug-likeness (QED) is 0.913. The molecule has 2 aliphatic rings. The number of pyridine rings is 1. The summed E-state index contributed by atoms with van der Waals surface area (Å²) in [5.74, 6) is 0. The van der Waals surface area contributed by atoms with Gasteiger partial charge in [0.1, 0.15) is 0 Å². The second-order valence-corrected chi connectivity index (χ2v) is 6.37. The SMILES string of the molecule is CCNC1CC2CCCC(C1)N2C(C)c1ccncc1. The first-order valence-electron chi connectivity index (χ1n) is 8.20. The minimum atomic E-state index is 0.524. The summed E-state index contributed by atoms with van der Waals surface area (Å²) in [6.45, 7) is 5.69. The standard InChI is InChI=1S/C17H27N3/c1-3-19-15-11-16-5-4-6-17(12-15)20(16)13(2)14-7-9-18-10-8-14/h7-10,13,15-17,19H,3-6,11-12H2,1-2H3. The molecule has 3 unspecified atom stereocenters. The molecule has 1 aromatic heterocycles. The highest BCUT2D eigenvalue weighted by atomic mass is 15.2. The van der Waals surface area contributed by atoms with Crippen LogP contribution in [0.2, 0.25) is 0 Å². The minimum Gasteiger partial charge on any atom is -0.314 e. The van der Waals surface area contributed by atoms with Gasteiger partial charge in [-0.3, -0.25) is 9.88 Å². The van der Waals surface area contributed by atoms with E-state index in [0.717, 1.165) is 24.7 Å². The van der Waals surface area contributed by atoms with E-state index in [4.69, 9.17) is 0 Å². The van der Waals surface area contributed by atoms with Crippen LogP contribution in [-0.4, -0.2) is 34.6 Å². The lowest BCUT2D eigenvalue weighted by atomic mass is 9.80. The first-order chi connectivity index (χ1) is 9.79. The first-order valence-corrected chi connectivity index (χ1v) is 8.20. The number of hydrogen-bond donors (Lipinski definition) is 1. The molecule has 20 heavy (non-hydrogen) atoms. The van der Waals surface area contributed by atoms with Crippen LogP contribution in [0.4, 0.5) is 0 Å². The molecule has 0 radical (unpaired) electrons. The van der Waals surface area contributed by atoms with Gasteiger partial charge in [0.25, 0.3) is 0 Å². The zero-order valence-corrected chi connectivity index (χ0v) is 12.8. The van der Waals surface area contributed by atoms with Crippen molar-refractivity contribution in [1.82, 2.24) is 15.2 Å². The summed E-state index contributed by atoms with van der Waals surface area (Å²) < 4.78 is 0. The summed E-state index contributed by atoms with van der Waals surface area (Å²) in [6.07, 6.45) is 10.6. The molecule has 1 aromatic rings. The van der Waals surface area contributed by atoms with E-state index in [-0.39, 0.29) is 0 Å². The van der Waals surface area contributed by atoms with Crippen LogP contribution in [0.15, 0.2) is 24.5 Å². The molecule has 3 heterocycles. The van der Waals surface area contributed by atoms with E-state index in [0.29, 0.717) is 6.04 Å². The largest absolute Gasteiger partial charge is 0.314 e. The highest BCUT2D eigenvalue weighted by Crippen LogP contribution is 2.39. The first kappa shape index (κ1) is 14.0. The molecular formula is C17H27N3. The Morgan fingerprint density at radius 1 is 1.25 bits per heavy atom. The zero-order valence-electron chi connectivity index (χ0n) is 12.8. The van der Waals surface area contributed by atoms with Crippen molar-refractivity contribution in [2.45, 2.75) is 70.1 Å². The van der Waals surface area contributed by atoms with Crippen LogP contribution in [0.1, 0.15) is 57.6 Å². The molecule has 2 fully saturated rings. The molecule has 3 heteroatoms. The number of nitrogens with zero attached hydrogens (tertiary/aromatic N) is 2. The number of hydrogen-bond acceptors (Lipinski definition) is 3. The summed E-state index contributed by atoms with van der Waals surface area (Å²) >= 11 is 0. The molecule has 3 rings (SSSR count). The van der Waals surface area contributed by atoms with E-state index in [1.807, 2.05) is 12.4 Å². The average molecular weight is 273 g/mol. The van der Waals surface area contributed by atoms with Crippen LogP contribution in [0.3, 0.4) is 0 Å². The molecule has 0 amide bonds. The van der Waals surface area contributed by atoms with Crippen molar-refractivity contribution in [2.24, 2.45) is 0 Å². The monoisotopic (exact) mass is 273 g/mol. The average Bonchev–Trinajstić information content (AvgIpc) is 2.47. The highest BCUT2D eigenvalue weighted by molar-refractivity contribution is 5.16. The summed E-state index contributed by atoms with van der Waals surface area (Å²) in [5.41, 5.74) is 1.42. The van der Waals surface area contributed by atoms with Crippen molar-refractivity contribution in [3.8, 4) is 0 Å². The summed E-state index contributed by atoms with van der Waals surface area (Å²) in [5, 5.41) is 3.68. The van der Waals surface area contributed by atoms with Crippen LogP contribution >= 0.6 is 0 Å².